The highest BCUT2D eigenvalue weighted by molar-refractivity contribution is 5.78. The largest absolute Gasteiger partial charge is 0.346 e. The van der Waals surface area contributed by atoms with Gasteiger partial charge in [0.1, 0.15) is 12.6 Å². The van der Waals surface area contributed by atoms with Gasteiger partial charge in [0.15, 0.2) is 5.82 Å². The van der Waals surface area contributed by atoms with Crippen molar-refractivity contribution in [3.8, 4) is 0 Å². The minimum atomic E-state index is -2.50. The molecular weight excluding hydrogens is 843 g/mol. The van der Waals surface area contributed by atoms with E-state index in [4.69, 9.17) is 5.10 Å². The molecule has 0 radical (unpaired) electrons. The van der Waals surface area contributed by atoms with E-state index in [2.05, 4.69) is 66.0 Å². The van der Waals surface area contributed by atoms with Gasteiger partial charge in [-0.1, -0.05) is 45.9 Å². The lowest BCUT2D eigenvalue weighted by molar-refractivity contribution is -0.129. The molecule has 1 fully saturated rings. The topological polar surface area (TPSA) is 131 Å². The molecule has 0 bridgehead atoms. The second-order valence-electron chi connectivity index (χ2n) is 18.4. The number of nitrogens with one attached hydrogen (secondary N) is 1. The molecule has 66 heavy (non-hydrogen) atoms. The van der Waals surface area contributed by atoms with Crippen LogP contribution in [-0.4, -0.2) is 114 Å². The number of piperidine rings is 1. The molecule has 13 nitrogen and oxygen atoms in total. The van der Waals surface area contributed by atoms with E-state index in [1.165, 1.54) is 23.0 Å². The minimum Gasteiger partial charge on any atom is -0.346 e. The first kappa shape index (κ1) is 53.3. The highest BCUT2D eigenvalue weighted by Crippen LogP contribution is 2.42. The van der Waals surface area contributed by atoms with Crippen LogP contribution in [-0.2, 0) is 58.1 Å². The van der Waals surface area contributed by atoms with Crippen LogP contribution in [0.15, 0.2) is 37.0 Å². The van der Waals surface area contributed by atoms with E-state index < -0.39 is 6.43 Å². The SMILES string of the molecule is C=CNC=O.CC(=O)N1CCc2c(c(N3CCCc4cc(CCC(C)C)c(C(F)F)cc43)nn2C2CCN(C)CC2)C1.CCCC(C)N(C)C=O.Cc1cc2c(cc1C=O)CN(CC=O)C2. The summed E-state index contributed by atoms with van der Waals surface area (Å²) in [5.74, 6) is 1.39. The Balaban J connectivity index is 0.000000267. The van der Waals surface area contributed by atoms with Crippen molar-refractivity contribution in [2.75, 3.05) is 51.7 Å². The predicted octanol–water partition coefficient (Wildman–Crippen LogP) is 8.13. The quantitative estimate of drug-likeness (QED) is 0.150. The zero-order valence-electron chi connectivity index (χ0n) is 40.7. The highest BCUT2D eigenvalue weighted by atomic mass is 19.3. The Morgan fingerprint density at radius 2 is 1.65 bits per heavy atom. The van der Waals surface area contributed by atoms with Crippen LogP contribution in [0.3, 0.4) is 0 Å². The lowest BCUT2D eigenvalue weighted by Crippen LogP contribution is -2.36. The fraction of sp³-hybridized carbons (Fsp3) is 0.569. The summed E-state index contributed by atoms with van der Waals surface area (Å²) < 4.78 is 30.7. The van der Waals surface area contributed by atoms with Gasteiger partial charge in [-0.2, -0.15) is 5.10 Å². The summed E-state index contributed by atoms with van der Waals surface area (Å²) in [5, 5.41) is 7.41. The Labute approximate surface area is 391 Å². The Hall–Kier alpha value is -5.28. The number of amides is 3. The molecule has 0 aliphatic carbocycles. The molecule has 15 heteroatoms. The number of aryl methyl sites for hydroxylation is 3. The van der Waals surface area contributed by atoms with Crippen LogP contribution in [0.4, 0.5) is 20.3 Å². The van der Waals surface area contributed by atoms with Gasteiger partial charge in [0, 0.05) is 80.7 Å². The molecule has 4 aliphatic heterocycles. The number of likely N-dealkylation sites (tertiary alicyclic amines) is 1. The first-order valence-electron chi connectivity index (χ1n) is 23.6. The van der Waals surface area contributed by atoms with Crippen molar-refractivity contribution in [3.63, 3.8) is 0 Å². The first-order chi connectivity index (χ1) is 31.6. The van der Waals surface area contributed by atoms with Crippen molar-refractivity contribution in [1.29, 1.82) is 0 Å². The summed E-state index contributed by atoms with van der Waals surface area (Å²) in [6, 6.07) is 8.48. The van der Waals surface area contributed by atoms with Gasteiger partial charge in [-0.25, -0.2) is 8.78 Å². The summed E-state index contributed by atoms with van der Waals surface area (Å²) in [4.78, 5) is 63.0. The number of anilines is 2. The maximum absolute atomic E-state index is 14.3. The standard InChI is InChI=1S/C29H41F2N5O.C12H13NO2.C7H15NO.C3H5NO/c1-19(2)7-8-21-16-22-6-5-12-35(27(22)17-24(21)28(30)31)29-25-18-34(20(3)37)15-11-26(25)36(32-29)23-9-13-33(4)14-10-23;1-9-4-10-6-13(2-3-14)7-11(10)5-12(9)8-15;1-4-5-7(2)8(3)6-9;1-2-4-3-5/h16-17,19,23,28H,5-15,18H2,1-4H3;3-5,8H,2,6-7H2,1H3;6-7H,4-5H2,1-3H3;2-3H,1H2,(H,4,5). The van der Waals surface area contributed by atoms with Crippen LogP contribution in [0.2, 0.25) is 0 Å². The number of carbonyl (C=O) groups excluding carboxylic acids is 5. The lowest BCUT2D eigenvalue weighted by Gasteiger charge is -2.33. The molecule has 0 saturated carbocycles. The Bertz CT molecular complexity index is 2090. The maximum atomic E-state index is 14.3. The normalized spacial score (nSPS) is 16.2. The Morgan fingerprint density at radius 1 is 0.955 bits per heavy atom. The zero-order chi connectivity index (χ0) is 48.5. The predicted molar refractivity (Wildman–Crippen MR) is 257 cm³/mol. The summed E-state index contributed by atoms with van der Waals surface area (Å²) in [7, 11) is 3.97. The van der Waals surface area contributed by atoms with Crippen LogP contribution in [0.25, 0.3) is 0 Å². The summed E-state index contributed by atoms with van der Waals surface area (Å²) in [5.41, 5.74) is 9.42. The molecule has 5 heterocycles. The number of carbonyl (C=O) groups is 5. The molecular formula is C51H74F2N8O5. The minimum absolute atomic E-state index is 0.0671. The monoisotopic (exact) mass is 917 g/mol. The smallest absolute Gasteiger partial charge is 0.264 e. The third-order valence-electron chi connectivity index (χ3n) is 13.1. The van der Waals surface area contributed by atoms with Crippen molar-refractivity contribution in [1.82, 2.24) is 34.7 Å². The van der Waals surface area contributed by atoms with Crippen LogP contribution < -0.4 is 10.2 Å². The third kappa shape index (κ3) is 14.4. The van der Waals surface area contributed by atoms with Gasteiger partial charge in [0.25, 0.3) is 6.43 Å². The number of hydrogen-bond donors (Lipinski definition) is 1. The van der Waals surface area contributed by atoms with Crippen molar-refractivity contribution >= 4 is 42.8 Å². The number of nitrogens with zero attached hydrogens (tertiary/aromatic N) is 7. The fourth-order valence-electron chi connectivity index (χ4n) is 9.04. The van der Waals surface area contributed by atoms with Crippen molar-refractivity contribution < 1.29 is 32.8 Å². The van der Waals surface area contributed by atoms with Gasteiger partial charge >= 0.3 is 0 Å². The zero-order valence-corrected chi connectivity index (χ0v) is 40.7. The summed E-state index contributed by atoms with van der Waals surface area (Å²) in [6.45, 7) is 21.3. The van der Waals surface area contributed by atoms with Crippen molar-refractivity contribution in [2.24, 2.45) is 5.92 Å². The van der Waals surface area contributed by atoms with E-state index in [0.29, 0.717) is 50.5 Å². The van der Waals surface area contributed by atoms with Crippen LogP contribution in [0.1, 0.15) is 141 Å². The van der Waals surface area contributed by atoms with Gasteiger partial charge in [0.2, 0.25) is 18.7 Å². The number of benzene rings is 2. The fourth-order valence-corrected chi connectivity index (χ4v) is 9.04. The second-order valence-corrected chi connectivity index (χ2v) is 18.4. The number of hydrogen-bond acceptors (Lipinski definition) is 9. The van der Waals surface area contributed by atoms with E-state index in [9.17, 15) is 32.8 Å². The lowest BCUT2D eigenvalue weighted by atomic mass is 9.91. The second kappa shape index (κ2) is 26.2. The molecule has 1 aromatic heterocycles. The Kier molecular flexibility index (Phi) is 21.1. The van der Waals surface area contributed by atoms with Crippen molar-refractivity contribution in [3.05, 3.63) is 87.2 Å². The van der Waals surface area contributed by atoms with E-state index >= 15 is 0 Å². The van der Waals surface area contributed by atoms with Crippen LogP contribution in [0.5, 0.6) is 0 Å². The van der Waals surface area contributed by atoms with Gasteiger partial charge in [-0.3, -0.25) is 28.8 Å². The number of aldehydes is 2. The van der Waals surface area contributed by atoms with Gasteiger partial charge in [0.05, 0.1) is 19.1 Å². The molecule has 2 aromatic carbocycles. The molecule has 1 N–H and O–H groups in total. The van der Waals surface area contributed by atoms with Gasteiger partial charge in [-0.05, 0) is 131 Å². The van der Waals surface area contributed by atoms with Crippen LogP contribution >= 0.6 is 0 Å². The van der Waals surface area contributed by atoms with E-state index in [-0.39, 0.29) is 11.5 Å². The Morgan fingerprint density at radius 3 is 2.21 bits per heavy atom. The average Bonchev–Trinajstić information content (AvgIpc) is 3.88. The molecule has 7 rings (SSSR count). The number of halogens is 2. The number of fused-ring (bicyclic) bond motifs is 3. The van der Waals surface area contributed by atoms with E-state index in [0.717, 1.165) is 142 Å². The third-order valence-corrected chi connectivity index (χ3v) is 13.1. The molecule has 362 valence electrons. The summed E-state index contributed by atoms with van der Waals surface area (Å²) >= 11 is 0. The van der Waals surface area contributed by atoms with Gasteiger partial charge in [-0.15, -0.1) is 0 Å². The highest BCUT2D eigenvalue weighted by Gasteiger charge is 2.34. The molecule has 0 spiro atoms. The first-order valence-corrected chi connectivity index (χ1v) is 23.6. The molecule has 3 aromatic rings. The van der Waals surface area contributed by atoms with E-state index in [1.807, 2.05) is 37.1 Å². The summed E-state index contributed by atoms with van der Waals surface area (Å²) in [6.07, 6.45) is 10.6. The molecule has 1 saturated heterocycles. The number of rotatable bonds is 15. The van der Waals surface area contributed by atoms with E-state index in [1.54, 1.807) is 17.9 Å². The molecule has 3 amide bonds. The number of alkyl halides is 2. The number of aromatic nitrogens is 2. The molecule has 4 aliphatic rings. The van der Waals surface area contributed by atoms with Crippen molar-refractivity contribution in [2.45, 2.75) is 137 Å². The molecule has 1 unspecified atom stereocenters. The van der Waals surface area contributed by atoms with Gasteiger partial charge < -0.3 is 29.7 Å². The van der Waals surface area contributed by atoms with Crippen LogP contribution in [0, 0.1) is 12.8 Å². The maximum Gasteiger partial charge on any atom is 0.264 e. The molecule has 1 atom stereocenters. The average molecular weight is 917 g/mol.